The summed E-state index contributed by atoms with van der Waals surface area (Å²) in [6.07, 6.45) is 38.3. The second-order valence-electron chi connectivity index (χ2n) is 11.2. The summed E-state index contributed by atoms with van der Waals surface area (Å²) in [5.41, 5.74) is 0. The van der Waals surface area contributed by atoms with E-state index in [1.165, 1.54) is 135 Å². The van der Waals surface area contributed by atoms with Gasteiger partial charge in [0, 0.05) is 12.8 Å². The number of ketones is 2. The smallest absolute Gasteiger partial charge is 0.140 e. The molecule has 0 aromatic heterocycles. The largest absolute Gasteiger partial charge is 0.299 e. The fourth-order valence-corrected chi connectivity index (χ4v) is 4.95. The van der Waals surface area contributed by atoms with Gasteiger partial charge in [0.1, 0.15) is 11.6 Å². The molecule has 0 atom stereocenters. The Hall–Kier alpha value is -0.920. The molecule has 0 radical (unpaired) electrons. The zero-order valence-electron chi connectivity index (χ0n) is 24.8. The van der Waals surface area contributed by atoms with Crippen LogP contribution in [0.25, 0.3) is 0 Å². The molecule has 0 fully saturated rings. The maximum absolute atomic E-state index is 12.1. The standard InChI is InChI=1S/C34H64O2/c1-3-5-7-9-11-13-15-17-18-19-21-23-25-27-29-31-34(36)32-33(35)30-28-26-24-22-20-16-14-12-10-8-6-4-2/h17-18H,3-16,19-32H2,1-2H3/b18-17-. The molecular weight excluding hydrogens is 440 g/mol. The van der Waals surface area contributed by atoms with Crippen LogP contribution in [-0.4, -0.2) is 11.6 Å². The van der Waals surface area contributed by atoms with Crippen LogP contribution in [0.3, 0.4) is 0 Å². The average molecular weight is 505 g/mol. The molecule has 0 N–H and O–H groups in total. The van der Waals surface area contributed by atoms with E-state index in [-0.39, 0.29) is 18.0 Å². The number of carbonyl (C=O) groups excluding carboxylic acids is 2. The Morgan fingerprint density at radius 3 is 1.00 bits per heavy atom. The van der Waals surface area contributed by atoms with E-state index < -0.39 is 0 Å². The number of hydrogen-bond acceptors (Lipinski definition) is 2. The van der Waals surface area contributed by atoms with Crippen molar-refractivity contribution in [3.63, 3.8) is 0 Å². The van der Waals surface area contributed by atoms with Crippen LogP contribution in [0.5, 0.6) is 0 Å². The van der Waals surface area contributed by atoms with Crippen molar-refractivity contribution >= 4 is 11.6 Å². The lowest BCUT2D eigenvalue weighted by atomic mass is 10.0. The summed E-state index contributed by atoms with van der Waals surface area (Å²) in [5, 5.41) is 0. The molecule has 0 unspecified atom stereocenters. The van der Waals surface area contributed by atoms with Gasteiger partial charge in [-0.1, -0.05) is 148 Å². The summed E-state index contributed by atoms with van der Waals surface area (Å²) in [5.74, 6) is 0.330. The first-order valence-electron chi connectivity index (χ1n) is 16.4. The Morgan fingerprint density at radius 1 is 0.389 bits per heavy atom. The first kappa shape index (κ1) is 35.1. The van der Waals surface area contributed by atoms with E-state index in [2.05, 4.69) is 26.0 Å². The Labute approximate surface area is 226 Å². The topological polar surface area (TPSA) is 34.1 Å². The molecule has 0 saturated heterocycles. The van der Waals surface area contributed by atoms with Crippen molar-refractivity contribution in [3.05, 3.63) is 12.2 Å². The predicted octanol–water partition coefficient (Wildman–Crippen LogP) is 11.6. The van der Waals surface area contributed by atoms with Crippen LogP contribution in [0, 0.1) is 0 Å². The van der Waals surface area contributed by atoms with Gasteiger partial charge in [0.2, 0.25) is 0 Å². The van der Waals surface area contributed by atoms with Crippen molar-refractivity contribution in [1.29, 1.82) is 0 Å². The van der Waals surface area contributed by atoms with E-state index in [9.17, 15) is 9.59 Å². The predicted molar refractivity (Wildman–Crippen MR) is 160 cm³/mol. The Bertz CT molecular complexity index is 493. The number of hydrogen-bond donors (Lipinski definition) is 0. The monoisotopic (exact) mass is 504 g/mol. The molecule has 0 aliphatic rings. The van der Waals surface area contributed by atoms with Crippen LogP contribution in [0.15, 0.2) is 12.2 Å². The summed E-state index contributed by atoms with van der Waals surface area (Å²) in [4.78, 5) is 24.1. The fourth-order valence-electron chi connectivity index (χ4n) is 4.95. The maximum Gasteiger partial charge on any atom is 0.140 e. The summed E-state index contributed by atoms with van der Waals surface area (Å²) in [6.45, 7) is 4.54. The van der Waals surface area contributed by atoms with Gasteiger partial charge in [-0.2, -0.15) is 0 Å². The molecule has 0 bridgehead atoms. The van der Waals surface area contributed by atoms with Crippen LogP contribution in [0.2, 0.25) is 0 Å². The van der Waals surface area contributed by atoms with Gasteiger partial charge >= 0.3 is 0 Å². The number of Topliss-reactive ketones (excluding diaryl/α,β-unsaturated/α-hetero) is 2. The highest BCUT2D eigenvalue weighted by Crippen LogP contribution is 2.14. The highest BCUT2D eigenvalue weighted by molar-refractivity contribution is 5.98. The molecule has 0 spiro atoms. The highest BCUT2D eigenvalue weighted by Gasteiger charge is 2.09. The Kier molecular flexibility index (Phi) is 29.5. The van der Waals surface area contributed by atoms with Gasteiger partial charge in [-0.3, -0.25) is 9.59 Å². The maximum atomic E-state index is 12.1. The number of unbranched alkanes of at least 4 members (excludes halogenated alkanes) is 22. The first-order chi connectivity index (χ1) is 17.7. The SMILES string of the molecule is CCCCCCCC/C=C\CCCCCCCC(=O)CC(=O)CCCCCCCCCCCCCC. The van der Waals surface area contributed by atoms with Crippen molar-refractivity contribution in [2.24, 2.45) is 0 Å². The highest BCUT2D eigenvalue weighted by atomic mass is 16.1. The van der Waals surface area contributed by atoms with Gasteiger partial charge in [-0.25, -0.2) is 0 Å². The summed E-state index contributed by atoms with van der Waals surface area (Å²) in [6, 6.07) is 0. The third-order valence-electron chi connectivity index (χ3n) is 7.42. The molecule has 36 heavy (non-hydrogen) atoms. The van der Waals surface area contributed by atoms with E-state index >= 15 is 0 Å². The fraction of sp³-hybridized carbons (Fsp3) is 0.882. The van der Waals surface area contributed by atoms with Crippen molar-refractivity contribution in [1.82, 2.24) is 0 Å². The van der Waals surface area contributed by atoms with E-state index in [1.807, 2.05) is 0 Å². The number of rotatable bonds is 30. The lowest BCUT2D eigenvalue weighted by molar-refractivity contribution is -0.127. The molecule has 0 heterocycles. The lowest BCUT2D eigenvalue weighted by Gasteiger charge is -2.04. The van der Waals surface area contributed by atoms with Crippen LogP contribution < -0.4 is 0 Å². The molecule has 2 heteroatoms. The van der Waals surface area contributed by atoms with Crippen LogP contribution in [-0.2, 0) is 9.59 Å². The van der Waals surface area contributed by atoms with Gasteiger partial charge in [0.05, 0.1) is 6.42 Å². The van der Waals surface area contributed by atoms with Crippen molar-refractivity contribution in [3.8, 4) is 0 Å². The first-order valence-corrected chi connectivity index (χ1v) is 16.4. The molecule has 0 saturated carbocycles. The average Bonchev–Trinajstić information content (AvgIpc) is 2.87. The van der Waals surface area contributed by atoms with Crippen LogP contribution in [0.1, 0.15) is 194 Å². The van der Waals surface area contributed by atoms with E-state index in [4.69, 9.17) is 0 Å². The molecule has 0 rings (SSSR count). The minimum absolute atomic E-state index is 0.163. The van der Waals surface area contributed by atoms with Crippen molar-refractivity contribution in [2.45, 2.75) is 194 Å². The van der Waals surface area contributed by atoms with E-state index in [0.717, 1.165) is 25.7 Å². The Morgan fingerprint density at radius 2 is 0.667 bits per heavy atom. The Balaban J connectivity index is 3.34. The molecule has 0 amide bonds. The van der Waals surface area contributed by atoms with Gasteiger partial charge in [-0.05, 0) is 38.5 Å². The molecule has 0 aromatic carbocycles. The molecule has 0 aliphatic carbocycles. The quantitative estimate of drug-likeness (QED) is 0.0553. The van der Waals surface area contributed by atoms with Crippen LogP contribution in [0.4, 0.5) is 0 Å². The van der Waals surface area contributed by atoms with E-state index in [1.54, 1.807) is 0 Å². The lowest BCUT2D eigenvalue weighted by Crippen LogP contribution is -2.07. The minimum Gasteiger partial charge on any atom is -0.299 e. The van der Waals surface area contributed by atoms with Gasteiger partial charge in [0.15, 0.2) is 0 Å². The normalized spacial score (nSPS) is 11.5. The van der Waals surface area contributed by atoms with Crippen molar-refractivity contribution < 1.29 is 9.59 Å². The second kappa shape index (κ2) is 30.3. The third-order valence-corrected chi connectivity index (χ3v) is 7.42. The zero-order chi connectivity index (χ0) is 26.4. The summed E-state index contributed by atoms with van der Waals surface area (Å²) >= 11 is 0. The molecular formula is C34H64O2. The van der Waals surface area contributed by atoms with Gasteiger partial charge in [-0.15, -0.1) is 0 Å². The van der Waals surface area contributed by atoms with Gasteiger partial charge in [0.25, 0.3) is 0 Å². The molecule has 0 aliphatic heterocycles. The van der Waals surface area contributed by atoms with Gasteiger partial charge < -0.3 is 0 Å². The number of carbonyl (C=O) groups is 2. The van der Waals surface area contributed by atoms with Crippen molar-refractivity contribution in [2.75, 3.05) is 0 Å². The summed E-state index contributed by atoms with van der Waals surface area (Å²) in [7, 11) is 0. The third kappa shape index (κ3) is 29.3. The molecule has 0 aromatic rings. The molecule has 2 nitrogen and oxygen atoms in total. The number of allylic oxidation sites excluding steroid dienone is 2. The summed E-state index contributed by atoms with van der Waals surface area (Å²) < 4.78 is 0. The van der Waals surface area contributed by atoms with Crippen LogP contribution >= 0.6 is 0 Å². The minimum atomic E-state index is 0.163. The zero-order valence-corrected chi connectivity index (χ0v) is 24.8. The molecule has 212 valence electrons. The van der Waals surface area contributed by atoms with E-state index in [0.29, 0.717) is 12.8 Å². The second-order valence-corrected chi connectivity index (χ2v) is 11.2.